The van der Waals surface area contributed by atoms with E-state index in [0.717, 1.165) is 88.7 Å². The highest BCUT2D eigenvalue weighted by Crippen LogP contribution is 2.34. The Morgan fingerprint density at radius 3 is 1.18 bits per heavy atom. The predicted octanol–water partition coefficient (Wildman–Crippen LogP) is 14.0. The number of benzodiazepines with no additional fused rings is 3. The van der Waals surface area contributed by atoms with Gasteiger partial charge in [0.15, 0.2) is 0 Å². The van der Waals surface area contributed by atoms with E-state index in [-0.39, 0.29) is 34.8 Å². The summed E-state index contributed by atoms with van der Waals surface area (Å²) in [6, 6.07) is 50.5. The number of anilines is 3. The summed E-state index contributed by atoms with van der Waals surface area (Å²) in [5, 5.41) is 11.8. The number of aromatic amines is 3. The highest BCUT2D eigenvalue weighted by Gasteiger charge is 2.31. The number of aryl methyl sites for hydroxylation is 6. The fourth-order valence-electron chi connectivity index (χ4n) is 12.3. The van der Waals surface area contributed by atoms with Crippen molar-refractivity contribution in [1.82, 2.24) is 28.7 Å². The van der Waals surface area contributed by atoms with Crippen LogP contribution in [0.3, 0.4) is 0 Å². The number of nitrogens with zero attached hydrogens (tertiary/aromatic N) is 6. The van der Waals surface area contributed by atoms with Crippen LogP contribution in [0.15, 0.2) is 199 Å². The van der Waals surface area contributed by atoms with Crippen molar-refractivity contribution in [1.29, 1.82) is 0 Å². The van der Waals surface area contributed by atoms with Crippen LogP contribution in [0.1, 0.15) is 66.8 Å². The maximum atomic E-state index is 13.2. The highest BCUT2D eigenvalue weighted by molar-refractivity contribution is 6.34. The molecule has 18 nitrogen and oxygen atoms in total. The Labute approximate surface area is 585 Å². The van der Waals surface area contributed by atoms with Crippen molar-refractivity contribution in [3.8, 4) is 0 Å². The summed E-state index contributed by atoms with van der Waals surface area (Å²) < 4.78 is 4.65. The number of imidazole rings is 3. The van der Waals surface area contributed by atoms with E-state index in [1.807, 2.05) is 136 Å². The molecule has 6 heterocycles. The molecular weight excluding hydrogens is 1340 g/mol. The van der Waals surface area contributed by atoms with E-state index < -0.39 is 18.1 Å². The monoisotopic (exact) mass is 1400 g/mol. The number of hydrogen-bond donors (Lipinski definition) is 6. The summed E-state index contributed by atoms with van der Waals surface area (Å²) in [5.41, 5.74) is 18.1. The van der Waals surface area contributed by atoms with Crippen molar-refractivity contribution in [2.75, 3.05) is 16.0 Å². The average Bonchev–Trinajstić information content (AvgIpc) is 1.59. The minimum Gasteiger partial charge on any atom is -0.324 e. The second-order valence-corrected chi connectivity index (χ2v) is 26.5. The van der Waals surface area contributed by atoms with Crippen molar-refractivity contribution in [3.63, 3.8) is 0 Å². The number of nitrogens with one attached hydrogen (secondary N) is 6. The molecule has 15 rings (SSSR count). The molecule has 0 aliphatic carbocycles. The smallest absolute Gasteiger partial charge is 0.324 e. The van der Waals surface area contributed by atoms with E-state index >= 15 is 0 Å². The lowest BCUT2D eigenvalue weighted by Gasteiger charge is -2.13. The number of amides is 3. The Bertz CT molecular complexity index is 5580. The number of halogens is 5. The molecule has 0 fully saturated rings. The van der Waals surface area contributed by atoms with E-state index in [0.29, 0.717) is 89.7 Å². The molecule has 3 amide bonds. The van der Waals surface area contributed by atoms with Crippen LogP contribution in [-0.2, 0) is 54.8 Å². The molecule has 3 aliphatic heterocycles. The topological polar surface area (TPSA) is 238 Å². The first-order valence-corrected chi connectivity index (χ1v) is 33.1. The quantitative estimate of drug-likeness (QED) is 0.0821. The van der Waals surface area contributed by atoms with Crippen LogP contribution < -0.4 is 33.0 Å². The number of fused-ring (bicyclic) bond motifs is 6. The molecule has 98 heavy (non-hydrogen) atoms. The fourth-order valence-corrected chi connectivity index (χ4v) is 13.4. The third-order valence-corrected chi connectivity index (χ3v) is 19.2. The van der Waals surface area contributed by atoms with E-state index in [4.69, 9.17) is 73.0 Å². The highest BCUT2D eigenvalue weighted by atomic mass is 35.5. The van der Waals surface area contributed by atoms with Gasteiger partial charge in [0.2, 0.25) is 17.7 Å². The summed E-state index contributed by atoms with van der Waals surface area (Å²) in [6.07, 6.45) is 1.17. The zero-order valence-electron chi connectivity index (χ0n) is 53.5. The SMILES string of the molecule is Cc1ccc(CC2N=C(c3ccc4[nH]c(=O)n(C)c4c3)c3cc(Cl)ccc3NC2=O)c(Cl)c1.Cc1cccc(CC2N=C(c3ccc4[nH]c(=O)n(C)c4c3)c3cc(Cl)ccc3NC2=O)c1.Cc1cccc(CC2N=C(c3ccc4[nH]c(=O)n(C)c4c3)c3cc(Cl)ccc3NC2=O)c1Cl. The molecule has 3 unspecified atom stereocenters. The van der Waals surface area contributed by atoms with E-state index in [1.54, 1.807) is 83.4 Å². The molecule has 3 aliphatic rings. The van der Waals surface area contributed by atoms with Crippen molar-refractivity contribution in [2.24, 2.45) is 36.1 Å². The minimum absolute atomic E-state index is 0.166. The molecule has 0 radical (unpaired) electrons. The molecule has 6 N–H and O–H groups in total. The molecule has 0 spiro atoms. The number of rotatable bonds is 9. The van der Waals surface area contributed by atoms with Gasteiger partial charge in [0.1, 0.15) is 18.1 Å². The lowest BCUT2D eigenvalue weighted by Crippen LogP contribution is -2.27. The molecule has 3 aromatic heterocycles. The van der Waals surface area contributed by atoms with Crippen LogP contribution in [0.5, 0.6) is 0 Å². The Morgan fingerprint density at radius 1 is 0.388 bits per heavy atom. The van der Waals surface area contributed by atoms with Gasteiger partial charge in [0.25, 0.3) is 0 Å². The summed E-state index contributed by atoms with van der Waals surface area (Å²) in [7, 11) is 5.13. The molecule has 492 valence electrons. The molecule has 9 aromatic carbocycles. The first-order chi connectivity index (χ1) is 47.0. The second-order valence-electron chi connectivity index (χ2n) is 24.4. The van der Waals surface area contributed by atoms with Gasteiger partial charge in [-0.15, -0.1) is 0 Å². The summed E-state index contributed by atoms with van der Waals surface area (Å²) in [6.45, 7) is 5.93. The summed E-state index contributed by atoms with van der Waals surface area (Å²) in [4.78, 5) is 98.8. The zero-order chi connectivity index (χ0) is 69.0. The third-order valence-electron chi connectivity index (χ3n) is 17.6. The van der Waals surface area contributed by atoms with Gasteiger partial charge in [-0.05, 0) is 146 Å². The Morgan fingerprint density at radius 2 is 0.776 bits per heavy atom. The lowest BCUT2D eigenvalue weighted by atomic mass is 9.99. The van der Waals surface area contributed by atoms with Crippen molar-refractivity contribution in [3.05, 3.63) is 293 Å². The summed E-state index contributed by atoms with van der Waals surface area (Å²) in [5.74, 6) is -0.609. The third kappa shape index (κ3) is 13.6. The van der Waals surface area contributed by atoms with Crippen LogP contribution in [0, 0.1) is 20.8 Å². The van der Waals surface area contributed by atoms with Gasteiger partial charge in [-0.2, -0.15) is 0 Å². The maximum absolute atomic E-state index is 13.2. The van der Waals surface area contributed by atoms with Gasteiger partial charge in [-0.25, -0.2) is 14.4 Å². The maximum Gasteiger partial charge on any atom is 0.326 e. The van der Waals surface area contributed by atoms with Crippen LogP contribution in [0.4, 0.5) is 17.1 Å². The van der Waals surface area contributed by atoms with Gasteiger partial charge in [0.05, 0.1) is 67.3 Å². The van der Waals surface area contributed by atoms with E-state index in [9.17, 15) is 28.8 Å². The van der Waals surface area contributed by atoms with Crippen LogP contribution in [-0.4, -0.2) is 81.6 Å². The number of carbonyl (C=O) groups excluding carboxylic acids is 3. The van der Waals surface area contributed by atoms with E-state index in [2.05, 4.69) is 37.0 Å². The first kappa shape index (κ1) is 66.3. The lowest BCUT2D eigenvalue weighted by molar-refractivity contribution is -0.118. The van der Waals surface area contributed by atoms with Crippen molar-refractivity contribution >= 4 is 143 Å². The van der Waals surface area contributed by atoms with Gasteiger partial charge < -0.3 is 30.9 Å². The molecule has 0 saturated heterocycles. The number of aromatic nitrogens is 6. The number of carbonyl (C=O) groups is 3. The Balaban J connectivity index is 0.000000132. The zero-order valence-corrected chi connectivity index (χ0v) is 57.3. The largest absolute Gasteiger partial charge is 0.326 e. The molecule has 0 saturated carbocycles. The molecule has 23 heteroatoms. The standard InChI is InChI=1S/2C25H20Cl2N4O2.C25H21ClN4O2/c1-13-3-4-14(18(27)9-13)10-21-24(32)29-19-8-6-16(26)12-17(19)23(28-21)15-5-7-20-22(11-15)31(2)25(33)30-20;1-13-4-3-5-14(22(13)27)10-20-24(32)29-18-9-7-16(26)12-17(18)23(28-20)15-6-8-19-21(11-15)31(2)25(33)30-19;1-14-4-3-5-15(10-14)11-21-24(31)28-19-9-7-17(26)13-18(19)23(27-21)16-6-8-20-22(12-16)30(2)25(32)29-20/h3-9,11-12,21H,10H2,1-2H3,(H,29,32)(H,30,33);3-9,11-12,20H,10H2,1-2H3,(H,29,32)(H,30,33);3-10,12-13,21H,11H2,1-2H3,(H,28,31)(H,29,32). The van der Waals surface area contributed by atoms with Crippen LogP contribution >= 0.6 is 58.0 Å². The first-order valence-electron chi connectivity index (χ1n) is 31.2. The van der Waals surface area contributed by atoms with Crippen LogP contribution in [0.2, 0.25) is 25.1 Å². The number of aliphatic imine (C=N–C) groups is 3. The molecule has 3 atom stereocenters. The van der Waals surface area contributed by atoms with Crippen molar-refractivity contribution in [2.45, 2.75) is 58.2 Å². The Kier molecular flexibility index (Phi) is 18.5. The number of hydrogen-bond acceptors (Lipinski definition) is 9. The molecular formula is C75H61Cl5N12O6. The van der Waals surface area contributed by atoms with Gasteiger partial charge in [-0.1, -0.05) is 136 Å². The number of H-pyrrole nitrogens is 3. The van der Waals surface area contributed by atoms with Gasteiger partial charge >= 0.3 is 17.1 Å². The predicted molar refractivity (Wildman–Crippen MR) is 394 cm³/mol. The van der Waals surface area contributed by atoms with Crippen molar-refractivity contribution < 1.29 is 14.4 Å². The second kappa shape index (κ2) is 27.3. The van der Waals surface area contributed by atoms with E-state index in [1.165, 1.54) is 0 Å². The molecule has 0 bridgehead atoms. The van der Waals surface area contributed by atoms with Crippen LogP contribution in [0.25, 0.3) is 33.1 Å². The summed E-state index contributed by atoms with van der Waals surface area (Å²) >= 11 is 31.9. The number of benzene rings is 9. The Hall–Kier alpha value is -10.3. The minimum atomic E-state index is -0.698. The fraction of sp³-hybridized carbons (Fsp3) is 0.160. The normalized spacial score (nSPS) is 15.7. The van der Waals surface area contributed by atoms with Gasteiger partial charge in [0, 0.05) is 98.9 Å². The van der Waals surface area contributed by atoms with Gasteiger partial charge in [-0.3, -0.25) is 43.1 Å². The average molecular weight is 1400 g/mol. The molecule has 12 aromatic rings.